The number of nitrogens with zero attached hydrogens (tertiary/aromatic N) is 4. The molecule has 2 aromatic heterocycles. The van der Waals surface area contributed by atoms with Crippen LogP contribution in [0.5, 0.6) is 0 Å². The SMILES string of the molecule is CCOCCn1c(=NC(=O)c2ccnn2C(C)C)sc2cc(F)cc(F)c21. The number of aromatic nitrogens is 3. The minimum absolute atomic E-state index is 0.00632. The zero-order chi connectivity index (χ0) is 19.6. The summed E-state index contributed by atoms with van der Waals surface area (Å²) in [5.74, 6) is -1.85. The first-order chi connectivity index (χ1) is 12.9. The average molecular weight is 394 g/mol. The summed E-state index contributed by atoms with van der Waals surface area (Å²) in [6.45, 7) is 6.80. The molecule has 0 unspecified atom stereocenters. The molecule has 6 nitrogen and oxygen atoms in total. The van der Waals surface area contributed by atoms with Crippen molar-refractivity contribution in [2.45, 2.75) is 33.4 Å². The quantitative estimate of drug-likeness (QED) is 0.601. The number of thiazole rings is 1. The Morgan fingerprint density at radius 2 is 2.15 bits per heavy atom. The molecule has 27 heavy (non-hydrogen) atoms. The van der Waals surface area contributed by atoms with Gasteiger partial charge in [-0.25, -0.2) is 8.78 Å². The van der Waals surface area contributed by atoms with Crippen LogP contribution in [0.4, 0.5) is 8.78 Å². The van der Waals surface area contributed by atoms with Crippen LogP contribution in [0.25, 0.3) is 10.2 Å². The molecule has 3 aromatic rings. The molecule has 0 aliphatic heterocycles. The van der Waals surface area contributed by atoms with Crippen LogP contribution in [-0.4, -0.2) is 33.5 Å². The molecule has 2 heterocycles. The van der Waals surface area contributed by atoms with Crippen LogP contribution in [0.2, 0.25) is 0 Å². The third kappa shape index (κ3) is 3.98. The summed E-state index contributed by atoms with van der Waals surface area (Å²) in [5.41, 5.74) is 0.551. The molecule has 0 saturated carbocycles. The highest BCUT2D eigenvalue weighted by atomic mass is 32.1. The van der Waals surface area contributed by atoms with Gasteiger partial charge in [-0.05, 0) is 32.9 Å². The van der Waals surface area contributed by atoms with Crippen LogP contribution in [0.3, 0.4) is 0 Å². The molecule has 0 radical (unpaired) electrons. The Hall–Kier alpha value is -2.39. The van der Waals surface area contributed by atoms with Crippen molar-refractivity contribution in [3.05, 3.63) is 46.5 Å². The smallest absolute Gasteiger partial charge is 0.297 e. The summed E-state index contributed by atoms with van der Waals surface area (Å²) < 4.78 is 36.8. The first-order valence-corrected chi connectivity index (χ1v) is 9.42. The van der Waals surface area contributed by atoms with Gasteiger partial charge in [-0.15, -0.1) is 0 Å². The molecule has 0 fully saturated rings. The molecule has 0 atom stereocenters. The van der Waals surface area contributed by atoms with Crippen LogP contribution < -0.4 is 4.80 Å². The molecule has 0 aliphatic carbocycles. The lowest BCUT2D eigenvalue weighted by atomic mass is 10.3. The summed E-state index contributed by atoms with van der Waals surface area (Å²) in [4.78, 5) is 17.1. The van der Waals surface area contributed by atoms with Crippen LogP contribution in [0, 0.1) is 11.6 Å². The highest BCUT2D eigenvalue weighted by Crippen LogP contribution is 2.22. The van der Waals surface area contributed by atoms with E-state index in [4.69, 9.17) is 4.74 Å². The fraction of sp³-hybridized carbons (Fsp3) is 0.389. The van der Waals surface area contributed by atoms with Gasteiger partial charge in [0.15, 0.2) is 10.6 Å². The van der Waals surface area contributed by atoms with Crippen LogP contribution in [-0.2, 0) is 11.3 Å². The number of amides is 1. The Morgan fingerprint density at radius 3 is 2.85 bits per heavy atom. The molecule has 1 amide bonds. The number of benzene rings is 1. The fourth-order valence-corrected chi connectivity index (χ4v) is 3.86. The van der Waals surface area contributed by atoms with E-state index in [1.165, 1.54) is 12.3 Å². The lowest BCUT2D eigenvalue weighted by Gasteiger charge is -2.08. The van der Waals surface area contributed by atoms with Gasteiger partial charge in [0.2, 0.25) is 0 Å². The number of rotatable bonds is 6. The molecular weight excluding hydrogens is 374 g/mol. The number of hydrogen-bond donors (Lipinski definition) is 0. The molecule has 3 rings (SSSR count). The minimum atomic E-state index is -0.695. The molecular formula is C18H20F2N4O2S. The molecule has 0 spiro atoms. The molecule has 0 saturated heterocycles. The lowest BCUT2D eigenvalue weighted by Crippen LogP contribution is -2.21. The van der Waals surface area contributed by atoms with Gasteiger partial charge in [0.05, 0.1) is 16.8 Å². The highest BCUT2D eigenvalue weighted by molar-refractivity contribution is 7.16. The second kappa shape index (κ2) is 8.10. The number of ether oxygens (including phenoxy) is 1. The van der Waals surface area contributed by atoms with Gasteiger partial charge in [0.25, 0.3) is 5.91 Å². The van der Waals surface area contributed by atoms with E-state index in [0.717, 1.165) is 17.4 Å². The van der Waals surface area contributed by atoms with E-state index in [2.05, 4.69) is 10.1 Å². The summed E-state index contributed by atoms with van der Waals surface area (Å²) in [7, 11) is 0. The van der Waals surface area contributed by atoms with Gasteiger partial charge in [0.1, 0.15) is 11.5 Å². The van der Waals surface area contributed by atoms with E-state index < -0.39 is 17.5 Å². The van der Waals surface area contributed by atoms with Gasteiger partial charge in [-0.3, -0.25) is 9.48 Å². The molecule has 0 aliphatic rings. The maximum absolute atomic E-state index is 14.4. The Balaban J connectivity index is 2.12. The van der Waals surface area contributed by atoms with Crippen molar-refractivity contribution in [3.63, 3.8) is 0 Å². The number of carbonyl (C=O) groups is 1. The van der Waals surface area contributed by atoms with Crippen molar-refractivity contribution in [2.24, 2.45) is 4.99 Å². The first kappa shape index (κ1) is 19.4. The van der Waals surface area contributed by atoms with E-state index >= 15 is 0 Å². The Kier molecular flexibility index (Phi) is 5.81. The van der Waals surface area contributed by atoms with E-state index in [1.807, 2.05) is 20.8 Å². The standard InChI is InChI=1S/C18H20F2N4O2S/c1-4-26-8-7-23-16-13(20)9-12(19)10-15(16)27-18(23)22-17(25)14-5-6-21-24(14)11(2)3/h5-6,9-11H,4,7-8H2,1-3H3. The van der Waals surface area contributed by atoms with Gasteiger partial charge >= 0.3 is 0 Å². The third-order valence-corrected chi connectivity index (χ3v) is 4.96. The number of halogens is 2. The van der Waals surface area contributed by atoms with E-state index in [1.54, 1.807) is 15.3 Å². The molecule has 144 valence electrons. The van der Waals surface area contributed by atoms with Gasteiger partial charge in [-0.1, -0.05) is 11.3 Å². The summed E-state index contributed by atoms with van der Waals surface area (Å²) in [6.07, 6.45) is 1.53. The van der Waals surface area contributed by atoms with Crippen molar-refractivity contribution < 1.29 is 18.3 Å². The number of carbonyl (C=O) groups excluding carboxylic acids is 1. The van der Waals surface area contributed by atoms with Gasteiger partial charge in [0, 0.05) is 31.5 Å². The lowest BCUT2D eigenvalue weighted by molar-refractivity contribution is 0.0984. The van der Waals surface area contributed by atoms with Crippen molar-refractivity contribution in [3.8, 4) is 0 Å². The monoisotopic (exact) mass is 394 g/mol. The van der Waals surface area contributed by atoms with Crippen LogP contribution >= 0.6 is 11.3 Å². The second-order valence-corrected chi connectivity index (χ2v) is 7.15. The Bertz CT molecular complexity index is 1040. The van der Waals surface area contributed by atoms with Crippen LogP contribution in [0.15, 0.2) is 29.4 Å². The van der Waals surface area contributed by atoms with E-state index in [0.29, 0.717) is 30.2 Å². The second-order valence-electron chi connectivity index (χ2n) is 6.14. The van der Waals surface area contributed by atoms with Crippen molar-refractivity contribution >= 4 is 27.5 Å². The maximum Gasteiger partial charge on any atom is 0.297 e. The zero-order valence-corrected chi connectivity index (χ0v) is 16.1. The maximum atomic E-state index is 14.4. The fourth-order valence-electron chi connectivity index (χ4n) is 2.76. The Morgan fingerprint density at radius 1 is 1.37 bits per heavy atom. The third-order valence-electron chi connectivity index (χ3n) is 3.93. The van der Waals surface area contributed by atoms with Crippen molar-refractivity contribution in [2.75, 3.05) is 13.2 Å². The van der Waals surface area contributed by atoms with E-state index in [9.17, 15) is 13.6 Å². The molecule has 0 bridgehead atoms. The van der Waals surface area contributed by atoms with Crippen molar-refractivity contribution in [1.29, 1.82) is 0 Å². The largest absolute Gasteiger partial charge is 0.380 e. The predicted octanol–water partition coefficient (Wildman–Crippen LogP) is 3.54. The minimum Gasteiger partial charge on any atom is -0.380 e. The number of fused-ring (bicyclic) bond motifs is 1. The molecule has 1 aromatic carbocycles. The number of hydrogen-bond acceptors (Lipinski definition) is 4. The zero-order valence-electron chi connectivity index (χ0n) is 15.3. The van der Waals surface area contributed by atoms with Gasteiger partial charge in [-0.2, -0.15) is 10.1 Å². The molecule has 9 heteroatoms. The predicted molar refractivity (Wildman–Crippen MR) is 98.7 cm³/mol. The van der Waals surface area contributed by atoms with E-state index in [-0.39, 0.29) is 16.4 Å². The highest BCUT2D eigenvalue weighted by Gasteiger charge is 2.17. The molecule has 0 N–H and O–H groups in total. The van der Waals surface area contributed by atoms with Crippen molar-refractivity contribution in [1.82, 2.24) is 14.3 Å². The first-order valence-electron chi connectivity index (χ1n) is 8.61. The summed E-state index contributed by atoms with van der Waals surface area (Å²) >= 11 is 1.06. The Labute approximate surface area is 158 Å². The summed E-state index contributed by atoms with van der Waals surface area (Å²) in [5, 5.41) is 4.13. The summed E-state index contributed by atoms with van der Waals surface area (Å²) in [6, 6.07) is 3.64. The van der Waals surface area contributed by atoms with Crippen LogP contribution in [0.1, 0.15) is 37.3 Å². The topological polar surface area (TPSA) is 61.4 Å². The normalized spacial score (nSPS) is 12.4. The average Bonchev–Trinajstić information content (AvgIpc) is 3.20. The van der Waals surface area contributed by atoms with Gasteiger partial charge < -0.3 is 9.30 Å².